The largest absolute Gasteiger partial charge is 0.480 e. The molecule has 0 bridgehead atoms. The molecule has 29 heavy (non-hydrogen) atoms. The molecule has 0 aliphatic carbocycles. The van der Waals surface area contributed by atoms with Gasteiger partial charge in [-0.15, -0.1) is 0 Å². The zero-order chi connectivity index (χ0) is 21.2. The Morgan fingerprint density at radius 2 is 1.45 bits per heavy atom. The van der Waals surface area contributed by atoms with Crippen LogP contribution >= 0.6 is 35.0 Å². The molecule has 1 heterocycles. The number of hydrogen-bond donors (Lipinski definition) is 2. The molecule has 0 aliphatic heterocycles. The fourth-order valence-corrected chi connectivity index (χ4v) is 3.78. The van der Waals surface area contributed by atoms with Crippen LogP contribution in [0.3, 0.4) is 0 Å². The van der Waals surface area contributed by atoms with E-state index in [0.29, 0.717) is 44.4 Å². The Balaban J connectivity index is 2.14. The van der Waals surface area contributed by atoms with Crippen LogP contribution in [0.2, 0.25) is 10.0 Å². The predicted octanol–water partition coefficient (Wildman–Crippen LogP) is 5.73. The number of hydrogen-bond acceptors (Lipinski definition) is 5. The summed E-state index contributed by atoms with van der Waals surface area (Å²) in [7, 11) is 0. The van der Waals surface area contributed by atoms with Crippen molar-refractivity contribution in [3.8, 4) is 22.6 Å². The van der Waals surface area contributed by atoms with E-state index >= 15 is 0 Å². The highest BCUT2D eigenvalue weighted by atomic mass is 35.5. The van der Waals surface area contributed by atoms with Gasteiger partial charge in [-0.05, 0) is 54.6 Å². The zero-order valence-electron chi connectivity index (χ0n) is 15.1. The third-order valence-electron chi connectivity index (χ3n) is 4.28. The van der Waals surface area contributed by atoms with E-state index < -0.39 is 16.7 Å². The molecule has 0 saturated heterocycles. The first-order chi connectivity index (χ1) is 13.8. The Morgan fingerprint density at radius 3 is 1.90 bits per heavy atom. The van der Waals surface area contributed by atoms with E-state index in [1.165, 1.54) is 6.92 Å². The van der Waals surface area contributed by atoms with Crippen LogP contribution in [-0.2, 0) is 9.59 Å². The van der Waals surface area contributed by atoms with E-state index in [9.17, 15) is 19.8 Å². The van der Waals surface area contributed by atoms with Crippen molar-refractivity contribution in [1.82, 2.24) is 4.98 Å². The van der Waals surface area contributed by atoms with Crippen LogP contribution in [0.25, 0.3) is 22.6 Å². The molecule has 3 aromatic rings. The minimum Gasteiger partial charge on any atom is -0.480 e. The van der Waals surface area contributed by atoms with Gasteiger partial charge in [0, 0.05) is 21.2 Å². The van der Waals surface area contributed by atoms with Crippen molar-refractivity contribution in [2.75, 3.05) is 0 Å². The van der Waals surface area contributed by atoms with Crippen LogP contribution in [0.15, 0.2) is 58.2 Å². The van der Waals surface area contributed by atoms with Gasteiger partial charge in [-0.3, -0.25) is 9.59 Å². The summed E-state index contributed by atoms with van der Waals surface area (Å²) in [6.07, 6.45) is -0.155. The quantitative estimate of drug-likeness (QED) is 0.349. The van der Waals surface area contributed by atoms with E-state index in [1.54, 1.807) is 48.5 Å². The molecule has 9 heteroatoms. The number of halogens is 2. The average molecular weight is 452 g/mol. The van der Waals surface area contributed by atoms with Crippen LogP contribution in [0, 0.1) is 0 Å². The normalized spacial score (nSPS) is 11.4. The van der Waals surface area contributed by atoms with Crippen molar-refractivity contribution in [2.24, 2.45) is 0 Å². The second kappa shape index (κ2) is 8.49. The number of rotatable bonds is 7. The minimum absolute atomic E-state index is 0.0634. The van der Waals surface area contributed by atoms with E-state index in [2.05, 4.69) is 4.98 Å². The molecule has 1 aromatic heterocycles. The Morgan fingerprint density at radius 1 is 0.966 bits per heavy atom. The van der Waals surface area contributed by atoms with Gasteiger partial charge in [0.05, 0.1) is 0 Å². The summed E-state index contributed by atoms with van der Waals surface area (Å²) in [5.41, 5.74) is 1.78. The predicted molar refractivity (Wildman–Crippen MR) is 112 cm³/mol. The maximum absolute atomic E-state index is 11.7. The lowest BCUT2D eigenvalue weighted by Crippen LogP contribution is -2.42. The number of nitrogens with zero attached hydrogens (tertiary/aromatic N) is 1. The van der Waals surface area contributed by atoms with Gasteiger partial charge in [-0.25, -0.2) is 4.98 Å². The topological polar surface area (TPSA) is 101 Å². The van der Waals surface area contributed by atoms with Crippen LogP contribution in [0.1, 0.15) is 13.3 Å². The first-order valence-corrected chi connectivity index (χ1v) is 10.0. The van der Waals surface area contributed by atoms with Gasteiger partial charge in [-0.2, -0.15) is 0 Å². The van der Waals surface area contributed by atoms with Crippen LogP contribution in [0.4, 0.5) is 0 Å². The van der Waals surface area contributed by atoms with Gasteiger partial charge in [0.25, 0.3) is 5.22 Å². The molecule has 6 nitrogen and oxygen atoms in total. The number of carboxylic acids is 2. The molecule has 2 N–H and O–H groups in total. The lowest BCUT2D eigenvalue weighted by molar-refractivity contribution is -0.151. The number of aliphatic carboxylic acids is 2. The Kier molecular flexibility index (Phi) is 6.21. The van der Waals surface area contributed by atoms with Gasteiger partial charge in [-0.1, -0.05) is 42.3 Å². The molecule has 0 spiro atoms. The Bertz CT molecular complexity index is 971. The summed E-state index contributed by atoms with van der Waals surface area (Å²) in [5.74, 6) is -2.58. The third kappa shape index (κ3) is 4.27. The minimum atomic E-state index is -2.11. The number of thioether (sulfide) groups is 1. The summed E-state index contributed by atoms with van der Waals surface area (Å²) in [6, 6.07) is 13.7. The van der Waals surface area contributed by atoms with Crippen molar-refractivity contribution < 1.29 is 24.2 Å². The van der Waals surface area contributed by atoms with E-state index in [1.807, 2.05) is 0 Å². The Hall–Kier alpha value is -2.48. The Labute approximate surface area is 180 Å². The molecular weight excluding hydrogens is 437 g/mol. The first kappa shape index (κ1) is 21.2. The summed E-state index contributed by atoms with van der Waals surface area (Å²) in [4.78, 5) is 27.8. The van der Waals surface area contributed by atoms with Gasteiger partial charge >= 0.3 is 11.9 Å². The van der Waals surface area contributed by atoms with Crippen molar-refractivity contribution in [1.29, 1.82) is 0 Å². The van der Waals surface area contributed by atoms with Crippen molar-refractivity contribution in [2.45, 2.75) is 23.3 Å². The zero-order valence-corrected chi connectivity index (χ0v) is 17.4. The third-order valence-corrected chi connectivity index (χ3v) is 6.12. The molecule has 2 aromatic carbocycles. The maximum Gasteiger partial charge on any atom is 0.331 e. The molecule has 0 saturated carbocycles. The average Bonchev–Trinajstić information content (AvgIpc) is 3.10. The first-order valence-electron chi connectivity index (χ1n) is 8.45. The molecular formula is C20H15Cl2NO5S. The molecule has 0 amide bonds. The molecule has 0 fully saturated rings. The van der Waals surface area contributed by atoms with Crippen LogP contribution in [0.5, 0.6) is 0 Å². The fourth-order valence-electron chi connectivity index (χ4n) is 2.65. The molecule has 0 radical (unpaired) electrons. The van der Waals surface area contributed by atoms with E-state index in [-0.39, 0.29) is 11.6 Å². The number of benzene rings is 2. The highest BCUT2D eigenvalue weighted by Gasteiger charge is 2.48. The molecule has 0 unspecified atom stereocenters. The highest BCUT2D eigenvalue weighted by Crippen LogP contribution is 2.41. The van der Waals surface area contributed by atoms with E-state index in [0.717, 1.165) is 0 Å². The molecule has 150 valence electrons. The molecule has 0 aliphatic rings. The lowest BCUT2D eigenvalue weighted by atomic mass is 10.1. The van der Waals surface area contributed by atoms with Crippen molar-refractivity contribution in [3.05, 3.63) is 58.6 Å². The number of carboxylic acid groups (broad SMARTS) is 2. The SMILES string of the molecule is CCC(Sc1nc(-c2ccc(Cl)cc2)c(-c2ccc(Cl)cc2)o1)(C(=O)O)C(=O)O. The van der Waals surface area contributed by atoms with E-state index in [4.69, 9.17) is 27.6 Å². The summed E-state index contributed by atoms with van der Waals surface area (Å²) in [6.45, 7) is 1.48. The standard InChI is InChI=1S/C20H15Cl2NO5S/c1-2-20(17(24)25,18(26)27)29-19-23-15(11-3-7-13(21)8-4-11)16(28-19)12-5-9-14(22)10-6-12/h3-10H,2H2,1H3,(H,24,25)(H,26,27). The smallest absolute Gasteiger partial charge is 0.331 e. The fraction of sp³-hybridized carbons (Fsp3) is 0.150. The van der Waals surface area contributed by atoms with Gasteiger partial charge in [0.2, 0.25) is 4.75 Å². The van der Waals surface area contributed by atoms with Crippen molar-refractivity contribution in [3.63, 3.8) is 0 Å². The summed E-state index contributed by atoms with van der Waals surface area (Å²) >= 11 is 12.5. The monoisotopic (exact) mass is 451 g/mol. The number of oxazole rings is 1. The van der Waals surface area contributed by atoms with Gasteiger partial charge in [0.15, 0.2) is 5.76 Å². The maximum atomic E-state index is 11.7. The van der Waals surface area contributed by atoms with Crippen LogP contribution in [-0.4, -0.2) is 31.9 Å². The highest BCUT2D eigenvalue weighted by molar-refractivity contribution is 8.02. The molecule has 3 rings (SSSR count). The summed E-state index contributed by atoms with van der Waals surface area (Å²) in [5, 5.41) is 20.1. The lowest BCUT2D eigenvalue weighted by Gasteiger charge is -2.20. The van der Waals surface area contributed by atoms with Crippen LogP contribution < -0.4 is 0 Å². The number of carbonyl (C=O) groups is 2. The van der Waals surface area contributed by atoms with Crippen molar-refractivity contribution >= 4 is 46.9 Å². The molecule has 0 atom stereocenters. The summed E-state index contributed by atoms with van der Waals surface area (Å²) < 4.78 is 3.72. The second-order valence-electron chi connectivity index (χ2n) is 6.06. The second-order valence-corrected chi connectivity index (χ2v) is 8.19. The van der Waals surface area contributed by atoms with Gasteiger partial charge in [0.1, 0.15) is 5.69 Å². The number of aromatic nitrogens is 1. The van der Waals surface area contributed by atoms with Gasteiger partial charge < -0.3 is 14.6 Å².